The highest BCUT2D eigenvalue weighted by Crippen LogP contribution is 2.18. The van der Waals surface area contributed by atoms with Gasteiger partial charge in [0.25, 0.3) is 0 Å². The van der Waals surface area contributed by atoms with E-state index in [-0.39, 0.29) is 16.8 Å². The number of piperidine rings is 1. The van der Waals surface area contributed by atoms with Gasteiger partial charge in [-0.05, 0) is 37.5 Å². The van der Waals surface area contributed by atoms with E-state index < -0.39 is 10.0 Å². The highest BCUT2D eigenvalue weighted by atomic mass is 32.2. The topological polar surface area (TPSA) is 114 Å². The van der Waals surface area contributed by atoms with E-state index in [1.54, 1.807) is 20.0 Å². The lowest BCUT2D eigenvalue weighted by molar-refractivity contribution is -0.149. The molecule has 8 nitrogen and oxygen atoms in total. The van der Waals surface area contributed by atoms with E-state index in [0.29, 0.717) is 25.7 Å². The van der Waals surface area contributed by atoms with Crippen LogP contribution in [0.15, 0.2) is 34.2 Å². The molecule has 1 aromatic carbocycles. The van der Waals surface area contributed by atoms with Crippen molar-refractivity contribution >= 4 is 22.0 Å². The molecule has 2 rings (SSSR count). The van der Waals surface area contributed by atoms with E-state index in [1.165, 1.54) is 12.1 Å². The van der Waals surface area contributed by atoms with Gasteiger partial charge < -0.3 is 15.0 Å². The van der Waals surface area contributed by atoms with Crippen molar-refractivity contribution < 1.29 is 17.9 Å². The van der Waals surface area contributed by atoms with E-state index in [4.69, 9.17) is 9.88 Å². The Kier molecular flexibility index (Phi) is 6.98. The fourth-order valence-electron chi connectivity index (χ4n) is 2.97. The molecule has 144 valence electrons. The van der Waals surface area contributed by atoms with E-state index in [2.05, 4.69) is 10.3 Å². The number of nitrogens with one attached hydrogen (secondary N) is 1. The summed E-state index contributed by atoms with van der Waals surface area (Å²) in [5.74, 6) is 0.335. The molecule has 0 aromatic heterocycles. The average Bonchev–Trinajstić information content (AvgIpc) is 2.62. The van der Waals surface area contributed by atoms with Crippen LogP contribution >= 0.6 is 0 Å². The second kappa shape index (κ2) is 9.00. The summed E-state index contributed by atoms with van der Waals surface area (Å²) in [4.78, 5) is 18.4. The predicted molar refractivity (Wildman–Crippen MR) is 98.9 cm³/mol. The lowest BCUT2D eigenvalue weighted by atomic mass is 9.98. The standard InChI is InChI=1S/C17H26N4O4S/c1-3-25-16(22)14-7-5-9-21(12-14)17(19-2)20-11-13-6-4-8-15(10-13)26(18,23)24/h4,6,8,10,14H,3,5,7,9,11-12H2,1-2H3,(H,19,20)(H2,18,23,24). The maximum atomic E-state index is 12.0. The molecule has 1 aliphatic heterocycles. The largest absolute Gasteiger partial charge is 0.466 e. The second-order valence-corrected chi connectivity index (χ2v) is 7.69. The van der Waals surface area contributed by atoms with Gasteiger partial charge in [-0.25, -0.2) is 13.6 Å². The third kappa shape index (κ3) is 5.43. The third-order valence-corrected chi connectivity index (χ3v) is 5.14. The molecule has 0 saturated carbocycles. The number of hydrogen-bond donors (Lipinski definition) is 2. The van der Waals surface area contributed by atoms with Crippen molar-refractivity contribution in [2.45, 2.75) is 31.2 Å². The Morgan fingerprint density at radius 1 is 1.46 bits per heavy atom. The van der Waals surface area contributed by atoms with E-state index in [1.807, 2.05) is 11.0 Å². The molecule has 3 N–H and O–H groups in total. The van der Waals surface area contributed by atoms with Crippen LogP contribution in [0.3, 0.4) is 0 Å². The van der Waals surface area contributed by atoms with Gasteiger partial charge in [0.05, 0.1) is 17.4 Å². The lowest BCUT2D eigenvalue weighted by Gasteiger charge is -2.34. The number of nitrogens with zero attached hydrogens (tertiary/aromatic N) is 2. The minimum Gasteiger partial charge on any atom is -0.466 e. The zero-order valence-corrected chi connectivity index (χ0v) is 16.0. The Morgan fingerprint density at radius 3 is 2.88 bits per heavy atom. The third-order valence-electron chi connectivity index (χ3n) is 4.23. The molecule has 0 bridgehead atoms. The molecule has 0 aliphatic carbocycles. The normalized spacial score (nSPS) is 18.5. The molecule has 1 aromatic rings. The summed E-state index contributed by atoms with van der Waals surface area (Å²) in [5.41, 5.74) is 0.775. The van der Waals surface area contributed by atoms with Crippen LogP contribution in [-0.2, 0) is 26.1 Å². The molecular weight excluding hydrogens is 356 g/mol. The number of esters is 1. The van der Waals surface area contributed by atoms with Crippen molar-refractivity contribution in [3.8, 4) is 0 Å². The Bertz CT molecular complexity index is 764. The molecule has 1 saturated heterocycles. The van der Waals surface area contributed by atoms with Crippen LogP contribution in [0.5, 0.6) is 0 Å². The van der Waals surface area contributed by atoms with E-state index in [0.717, 1.165) is 24.9 Å². The van der Waals surface area contributed by atoms with E-state index >= 15 is 0 Å². The zero-order chi connectivity index (χ0) is 19.2. The smallest absolute Gasteiger partial charge is 0.310 e. The number of nitrogens with two attached hydrogens (primary N) is 1. The van der Waals surface area contributed by atoms with Gasteiger partial charge in [-0.15, -0.1) is 0 Å². The number of guanidine groups is 1. The molecule has 26 heavy (non-hydrogen) atoms. The molecule has 9 heteroatoms. The van der Waals surface area contributed by atoms with Gasteiger partial charge in [0.1, 0.15) is 0 Å². The highest BCUT2D eigenvalue weighted by Gasteiger charge is 2.28. The second-order valence-electron chi connectivity index (χ2n) is 6.13. The number of carbonyl (C=O) groups excluding carboxylic acids is 1. The number of primary sulfonamides is 1. The Hall–Kier alpha value is -2.13. The predicted octanol–water partition coefficient (Wildman–Crippen LogP) is 0.685. The maximum Gasteiger partial charge on any atom is 0.310 e. The summed E-state index contributed by atoms with van der Waals surface area (Å²) in [7, 11) is -2.05. The first-order valence-electron chi connectivity index (χ1n) is 8.59. The minimum atomic E-state index is -3.73. The van der Waals surface area contributed by atoms with Crippen LogP contribution in [0.25, 0.3) is 0 Å². The van der Waals surface area contributed by atoms with Crippen molar-refractivity contribution in [2.24, 2.45) is 16.0 Å². The van der Waals surface area contributed by atoms with Gasteiger partial charge in [0.15, 0.2) is 5.96 Å². The van der Waals surface area contributed by atoms with Gasteiger partial charge in [0.2, 0.25) is 10.0 Å². The van der Waals surface area contributed by atoms with E-state index in [9.17, 15) is 13.2 Å². The van der Waals surface area contributed by atoms with Crippen LogP contribution in [0.4, 0.5) is 0 Å². The first kappa shape index (κ1) is 20.2. The van der Waals surface area contributed by atoms with Crippen LogP contribution < -0.4 is 10.5 Å². The number of hydrogen-bond acceptors (Lipinski definition) is 5. The van der Waals surface area contributed by atoms with Crippen molar-refractivity contribution in [1.82, 2.24) is 10.2 Å². The number of rotatable bonds is 5. The van der Waals surface area contributed by atoms with Crippen molar-refractivity contribution in [3.05, 3.63) is 29.8 Å². The highest BCUT2D eigenvalue weighted by molar-refractivity contribution is 7.89. The number of benzene rings is 1. The average molecular weight is 382 g/mol. The summed E-state index contributed by atoms with van der Waals surface area (Å²) in [6.45, 7) is 3.93. The summed E-state index contributed by atoms with van der Waals surface area (Å²) in [5, 5.41) is 8.38. The maximum absolute atomic E-state index is 12.0. The Balaban J connectivity index is 2.00. The molecule has 1 atom stereocenters. The van der Waals surface area contributed by atoms with Crippen LogP contribution in [0.2, 0.25) is 0 Å². The SMILES string of the molecule is CCOC(=O)C1CCCN(C(=NC)NCc2cccc(S(N)(=O)=O)c2)C1. The van der Waals surface area contributed by atoms with Crippen molar-refractivity contribution in [1.29, 1.82) is 0 Å². The zero-order valence-electron chi connectivity index (χ0n) is 15.1. The molecule has 0 amide bonds. The summed E-state index contributed by atoms with van der Waals surface area (Å²) in [6, 6.07) is 6.46. The monoisotopic (exact) mass is 382 g/mol. The van der Waals surface area contributed by atoms with Gasteiger partial charge in [-0.2, -0.15) is 0 Å². The number of aliphatic imine (C=N–C) groups is 1. The van der Waals surface area contributed by atoms with Crippen LogP contribution in [0.1, 0.15) is 25.3 Å². The molecule has 0 spiro atoms. The molecule has 1 unspecified atom stereocenters. The Labute approximate surface area is 154 Å². The fourth-order valence-corrected chi connectivity index (χ4v) is 3.55. The molecule has 1 fully saturated rings. The van der Waals surface area contributed by atoms with Gasteiger partial charge in [-0.3, -0.25) is 9.79 Å². The number of ether oxygens (including phenoxy) is 1. The first-order chi connectivity index (χ1) is 12.3. The van der Waals surface area contributed by atoms with Crippen LogP contribution in [0, 0.1) is 5.92 Å². The number of sulfonamides is 1. The number of likely N-dealkylation sites (tertiary alicyclic amines) is 1. The summed E-state index contributed by atoms with van der Waals surface area (Å²) in [6.07, 6.45) is 1.69. The lowest BCUT2D eigenvalue weighted by Crippen LogP contribution is -2.48. The molecule has 0 radical (unpaired) electrons. The quantitative estimate of drug-likeness (QED) is 0.440. The van der Waals surface area contributed by atoms with Crippen molar-refractivity contribution in [3.63, 3.8) is 0 Å². The molecule has 1 aliphatic rings. The first-order valence-corrected chi connectivity index (χ1v) is 10.1. The fraction of sp³-hybridized carbons (Fsp3) is 0.529. The number of carbonyl (C=O) groups is 1. The summed E-state index contributed by atoms with van der Waals surface area (Å²) >= 11 is 0. The van der Waals surface area contributed by atoms with Crippen LogP contribution in [-0.4, -0.2) is 52.0 Å². The van der Waals surface area contributed by atoms with Gasteiger partial charge in [-0.1, -0.05) is 12.1 Å². The summed E-state index contributed by atoms with van der Waals surface area (Å²) < 4.78 is 28.0. The van der Waals surface area contributed by atoms with Crippen molar-refractivity contribution in [2.75, 3.05) is 26.7 Å². The van der Waals surface area contributed by atoms with Gasteiger partial charge in [0, 0.05) is 26.7 Å². The molecular formula is C17H26N4O4S. The molecule has 1 heterocycles. The minimum absolute atomic E-state index is 0.0761. The van der Waals surface area contributed by atoms with Gasteiger partial charge >= 0.3 is 5.97 Å². The Morgan fingerprint density at radius 2 is 2.23 bits per heavy atom.